The van der Waals surface area contributed by atoms with E-state index >= 15 is 0 Å². The molecule has 1 aliphatic rings. The van der Waals surface area contributed by atoms with Crippen molar-refractivity contribution in [3.05, 3.63) is 64.9 Å². The van der Waals surface area contributed by atoms with Crippen molar-refractivity contribution in [3.63, 3.8) is 0 Å². The molecule has 4 heterocycles. The van der Waals surface area contributed by atoms with Crippen LogP contribution in [-0.2, 0) is 24.2 Å². The number of carbonyl (C=O) groups excluding carboxylic acids is 2. The maximum absolute atomic E-state index is 14.5. The molecule has 0 aromatic carbocycles. The lowest BCUT2D eigenvalue weighted by molar-refractivity contribution is -0.120. The standard InChI is InChI=1S/C22H24FN7O3/c1-13-14(3-4-15(26-13)7-10-31)11-30-12-16(23)19(28-30)21(32)27-18-6-5-17-20(25-9-8-24-17)29(2)22(18)33/h3-4,8-9,12,18,31H,5-7,10-11H2,1-2H3,(H,27,32). The molecule has 1 unspecified atom stereocenters. The summed E-state index contributed by atoms with van der Waals surface area (Å²) in [6, 6.07) is 2.78. The molecule has 1 atom stereocenters. The summed E-state index contributed by atoms with van der Waals surface area (Å²) < 4.78 is 15.9. The zero-order chi connectivity index (χ0) is 23.5. The fraction of sp³-hybridized carbons (Fsp3) is 0.364. The largest absolute Gasteiger partial charge is 0.396 e. The molecule has 3 aromatic heterocycles. The summed E-state index contributed by atoms with van der Waals surface area (Å²) in [6.45, 7) is 2.05. The third-order valence-corrected chi connectivity index (χ3v) is 5.56. The molecule has 0 saturated carbocycles. The second-order valence-corrected chi connectivity index (χ2v) is 7.83. The Morgan fingerprint density at radius 2 is 2.09 bits per heavy atom. The van der Waals surface area contributed by atoms with Crippen molar-refractivity contribution in [3.8, 4) is 0 Å². The van der Waals surface area contributed by atoms with Crippen LogP contribution in [0.2, 0.25) is 0 Å². The summed E-state index contributed by atoms with van der Waals surface area (Å²) in [6.07, 6.45) is 5.40. The summed E-state index contributed by atoms with van der Waals surface area (Å²) in [5.74, 6) is -1.45. The van der Waals surface area contributed by atoms with E-state index in [0.29, 0.717) is 30.8 Å². The number of halogens is 1. The Morgan fingerprint density at radius 3 is 2.85 bits per heavy atom. The van der Waals surface area contributed by atoms with Crippen LogP contribution in [0.4, 0.5) is 10.2 Å². The average Bonchev–Trinajstić information content (AvgIpc) is 3.12. The van der Waals surface area contributed by atoms with E-state index in [4.69, 9.17) is 5.11 Å². The van der Waals surface area contributed by atoms with Gasteiger partial charge in [-0.3, -0.25) is 29.1 Å². The van der Waals surface area contributed by atoms with E-state index in [1.54, 1.807) is 19.3 Å². The topological polar surface area (TPSA) is 126 Å². The van der Waals surface area contributed by atoms with Crippen molar-refractivity contribution in [2.75, 3.05) is 18.6 Å². The Hall–Kier alpha value is -3.73. The van der Waals surface area contributed by atoms with Crippen LogP contribution in [-0.4, -0.2) is 61.3 Å². The lowest BCUT2D eigenvalue weighted by atomic mass is 10.1. The molecular weight excluding hydrogens is 429 g/mol. The molecule has 33 heavy (non-hydrogen) atoms. The number of aryl methyl sites for hydroxylation is 2. The molecule has 1 aliphatic heterocycles. The molecule has 0 radical (unpaired) electrons. The predicted molar refractivity (Wildman–Crippen MR) is 116 cm³/mol. The number of aliphatic hydroxyl groups excluding tert-OH is 1. The molecule has 3 aromatic rings. The van der Waals surface area contributed by atoms with E-state index in [-0.39, 0.29) is 24.8 Å². The number of nitrogens with zero attached hydrogens (tertiary/aromatic N) is 6. The van der Waals surface area contributed by atoms with E-state index in [0.717, 1.165) is 23.1 Å². The molecule has 4 rings (SSSR count). The van der Waals surface area contributed by atoms with Crippen molar-refractivity contribution >= 4 is 17.6 Å². The van der Waals surface area contributed by atoms with Crippen LogP contribution in [0, 0.1) is 12.7 Å². The molecule has 172 valence electrons. The van der Waals surface area contributed by atoms with Gasteiger partial charge >= 0.3 is 0 Å². The van der Waals surface area contributed by atoms with Gasteiger partial charge in [0.2, 0.25) is 0 Å². The summed E-state index contributed by atoms with van der Waals surface area (Å²) in [4.78, 5) is 39.8. The highest BCUT2D eigenvalue weighted by Crippen LogP contribution is 2.22. The van der Waals surface area contributed by atoms with Gasteiger partial charge in [-0.15, -0.1) is 0 Å². The molecule has 2 N–H and O–H groups in total. The smallest absolute Gasteiger partial charge is 0.275 e. The molecule has 2 amide bonds. The minimum Gasteiger partial charge on any atom is -0.396 e. The van der Waals surface area contributed by atoms with E-state index in [9.17, 15) is 14.0 Å². The van der Waals surface area contributed by atoms with E-state index in [1.807, 2.05) is 13.0 Å². The molecule has 0 saturated heterocycles. The number of nitrogens with one attached hydrogen (secondary N) is 1. The first-order chi connectivity index (χ1) is 15.9. The lowest BCUT2D eigenvalue weighted by Gasteiger charge is -2.20. The van der Waals surface area contributed by atoms with Gasteiger partial charge in [0, 0.05) is 43.9 Å². The number of aliphatic hydroxyl groups is 1. The minimum atomic E-state index is -0.853. The summed E-state index contributed by atoms with van der Waals surface area (Å²) in [5, 5.41) is 15.7. The van der Waals surface area contributed by atoms with Gasteiger partial charge in [-0.25, -0.2) is 9.37 Å². The SMILES string of the molecule is Cc1nc(CCO)ccc1Cn1cc(F)c(C(=O)NC2CCc3nccnc3N(C)C2=O)n1. The highest BCUT2D eigenvalue weighted by atomic mass is 19.1. The molecule has 10 nitrogen and oxygen atoms in total. The Kier molecular flexibility index (Phi) is 6.40. The highest BCUT2D eigenvalue weighted by Gasteiger charge is 2.32. The molecule has 0 aliphatic carbocycles. The molecule has 0 bridgehead atoms. The zero-order valence-electron chi connectivity index (χ0n) is 18.3. The van der Waals surface area contributed by atoms with Gasteiger partial charge in [-0.1, -0.05) is 6.07 Å². The Balaban J connectivity index is 1.47. The van der Waals surface area contributed by atoms with Gasteiger partial charge in [-0.2, -0.15) is 5.10 Å². The maximum atomic E-state index is 14.5. The summed E-state index contributed by atoms with van der Waals surface area (Å²) >= 11 is 0. The Morgan fingerprint density at radius 1 is 1.30 bits per heavy atom. The fourth-order valence-corrected chi connectivity index (χ4v) is 3.79. The Bertz CT molecular complexity index is 1200. The van der Waals surface area contributed by atoms with Crippen molar-refractivity contribution in [1.29, 1.82) is 0 Å². The van der Waals surface area contributed by atoms with Gasteiger partial charge in [0.05, 0.1) is 18.4 Å². The van der Waals surface area contributed by atoms with Crippen LogP contribution >= 0.6 is 0 Å². The number of aromatic nitrogens is 5. The molecule has 0 fully saturated rings. The molecular formula is C22H24FN7O3. The van der Waals surface area contributed by atoms with Crippen LogP contribution in [0.15, 0.2) is 30.7 Å². The first-order valence-corrected chi connectivity index (χ1v) is 10.5. The van der Waals surface area contributed by atoms with Gasteiger partial charge in [0.1, 0.15) is 6.04 Å². The van der Waals surface area contributed by atoms with Gasteiger partial charge in [0.15, 0.2) is 17.3 Å². The summed E-state index contributed by atoms with van der Waals surface area (Å²) in [7, 11) is 1.57. The zero-order valence-corrected chi connectivity index (χ0v) is 18.3. The van der Waals surface area contributed by atoms with E-state index < -0.39 is 17.8 Å². The van der Waals surface area contributed by atoms with Crippen molar-refractivity contribution < 1.29 is 19.1 Å². The third kappa shape index (κ3) is 4.72. The van der Waals surface area contributed by atoms with E-state index in [1.165, 1.54) is 15.8 Å². The van der Waals surface area contributed by atoms with Gasteiger partial charge in [-0.05, 0) is 31.4 Å². The second kappa shape index (κ2) is 9.41. The minimum absolute atomic E-state index is 0.00697. The third-order valence-electron chi connectivity index (χ3n) is 5.56. The van der Waals surface area contributed by atoms with Crippen LogP contribution in [0.25, 0.3) is 0 Å². The maximum Gasteiger partial charge on any atom is 0.275 e. The number of hydrogen-bond acceptors (Lipinski definition) is 7. The second-order valence-electron chi connectivity index (χ2n) is 7.83. The summed E-state index contributed by atoms with van der Waals surface area (Å²) in [5.41, 5.74) is 2.58. The predicted octanol–water partition coefficient (Wildman–Crippen LogP) is 0.806. The van der Waals surface area contributed by atoms with Crippen molar-refractivity contribution in [1.82, 2.24) is 30.0 Å². The Labute approximate surface area is 189 Å². The number of anilines is 1. The average molecular weight is 453 g/mol. The number of amides is 2. The van der Waals surface area contributed by atoms with Crippen LogP contribution in [0.5, 0.6) is 0 Å². The monoisotopic (exact) mass is 453 g/mol. The van der Waals surface area contributed by atoms with Crippen LogP contribution in [0.3, 0.4) is 0 Å². The normalized spacial score (nSPS) is 15.8. The number of pyridine rings is 1. The molecule has 11 heteroatoms. The number of fused-ring (bicyclic) bond motifs is 1. The fourth-order valence-electron chi connectivity index (χ4n) is 3.79. The number of carbonyl (C=O) groups is 2. The molecule has 0 spiro atoms. The van der Waals surface area contributed by atoms with Gasteiger partial charge in [0.25, 0.3) is 11.8 Å². The van der Waals surface area contributed by atoms with Crippen LogP contribution < -0.4 is 10.2 Å². The lowest BCUT2D eigenvalue weighted by Crippen LogP contribution is -2.47. The van der Waals surface area contributed by atoms with Gasteiger partial charge < -0.3 is 10.4 Å². The number of likely N-dealkylation sites (N-methyl/N-ethyl adjacent to an activating group) is 1. The number of rotatable bonds is 6. The van der Waals surface area contributed by atoms with E-state index in [2.05, 4.69) is 25.4 Å². The highest BCUT2D eigenvalue weighted by molar-refractivity contribution is 6.01. The van der Waals surface area contributed by atoms with Crippen LogP contribution in [0.1, 0.15) is 39.6 Å². The first-order valence-electron chi connectivity index (χ1n) is 10.5. The van der Waals surface area contributed by atoms with Crippen molar-refractivity contribution in [2.45, 2.75) is 38.8 Å². The first kappa shape index (κ1) is 22.5. The number of hydrogen-bond donors (Lipinski definition) is 2. The quantitative estimate of drug-likeness (QED) is 0.566. The van der Waals surface area contributed by atoms with Crippen molar-refractivity contribution in [2.24, 2.45) is 0 Å².